The zero-order chi connectivity index (χ0) is 20.6. The molecule has 27 heavy (non-hydrogen) atoms. The molecule has 0 saturated carbocycles. The van der Waals surface area contributed by atoms with Crippen molar-refractivity contribution in [1.82, 2.24) is 8.87 Å². The summed E-state index contributed by atoms with van der Waals surface area (Å²) < 4.78 is 66.3. The van der Waals surface area contributed by atoms with Crippen LogP contribution in [0.5, 0.6) is 0 Å². The maximum absolute atomic E-state index is 13.3. The lowest BCUT2D eigenvalue weighted by molar-refractivity contribution is -0.138. The molecule has 1 N–H and O–H groups in total. The van der Waals surface area contributed by atoms with E-state index in [0.29, 0.717) is 6.07 Å². The number of nitrogens with zero attached hydrogens (tertiary/aromatic N) is 3. The molecule has 11 heteroatoms. The van der Waals surface area contributed by atoms with Gasteiger partial charge in [-0.15, -0.1) is 0 Å². The van der Waals surface area contributed by atoms with Gasteiger partial charge in [0.25, 0.3) is 0 Å². The molecule has 0 atom stereocenters. The average Bonchev–Trinajstić information content (AvgIpc) is 2.95. The van der Waals surface area contributed by atoms with Crippen LogP contribution in [-0.4, -0.2) is 42.5 Å². The third kappa shape index (κ3) is 4.29. The molecule has 2 aromatic rings. The van der Waals surface area contributed by atoms with Crippen LogP contribution in [0.2, 0.25) is 0 Å². The molecule has 144 valence electrons. The van der Waals surface area contributed by atoms with Gasteiger partial charge in [0.15, 0.2) is 0 Å². The number of hydrogen-bond acceptors (Lipinski definition) is 4. The molecule has 0 aliphatic rings. The van der Waals surface area contributed by atoms with Gasteiger partial charge >= 0.3 is 12.1 Å². The second-order valence-corrected chi connectivity index (χ2v) is 7.95. The summed E-state index contributed by atoms with van der Waals surface area (Å²) in [6, 6.07) is 4.02. The van der Waals surface area contributed by atoms with Gasteiger partial charge in [-0.1, -0.05) is 0 Å². The van der Waals surface area contributed by atoms with E-state index in [-0.39, 0.29) is 16.7 Å². The Kier molecular flexibility index (Phi) is 5.35. The first-order valence-electron chi connectivity index (χ1n) is 7.33. The van der Waals surface area contributed by atoms with E-state index in [2.05, 4.69) is 0 Å². The van der Waals surface area contributed by atoms with Crippen molar-refractivity contribution in [3.63, 3.8) is 0 Å². The van der Waals surface area contributed by atoms with Gasteiger partial charge in [0.05, 0.1) is 16.0 Å². The lowest BCUT2D eigenvalue weighted by Crippen LogP contribution is -2.23. The topological polar surface area (TPSA) is 103 Å². The maximum Gasteiger partial charge on any atom is 0.416 e. The van der Waals surface area contributed by atoms with Gasteiger partial charge < -0.3 is 9.67 Å². The van der Waals surface area contributed by atoms with Crippen molar-refractivity contribution in [1.29, 1.82) is 5.26 Å². The summed E-state index contributed by atoms with van der Waals surface area (Å²) in [5.74, 6) is -1.21. The Balaban J connectivity index is 2.76. The minimum absolute atomic E-state index is 0.0000520. The van der Waals surface area contributed by atoms with Crippen molar-refractivity contribution in [2.45, 2.75) is 17.6 Å². The molecule has 0 radical (unpaired) electrons. The van der Waals surface area contributed by atoms with Gasteiger partial charge in [-0.3, -0.25) is 4.79 Å². The number of aliphatic carboxylic acids is 1. The monoisotopic (exact) mass is 401 g/mol. The predicted octanol–water partition coefficient (Wildman–Crippen LogP) is 2.38. The average molecular weight is 401 g/mol. The lowest BCUT2D eigenvalue weighted by atomic mass is 10.0. The Morgan fingerprint density at radius 1 is 1.26 bits per heavy atom. The van der Waals surface area contributed by atoms with Crippen molar-refractivity contribution in [3.8, 4) is 17.2 Å². The summed E-state index contributed by atoms with van der Waals surface area (Å²) in [5.41, 5.74) is -1.44. The summed E-state index contributed by atoms with van der Waals surface area (Å²) in [7, 11) is -1.81. The Morgan fingerprint density at radius 3 is 2.37 bits per heavy atom. The van der Waals surface area contributed by atoms with Gasteiger partial charge in [-0.05, 0) is 23.8 Å². The number of aromatic nitrogens is 1. The van der Waals surface area contributed by atoms with Gasteiger partial charge in [0.2, 0.25) is 10.0 Å². The summed E-state index contributed by atoms with van der Waals surface area (Å²) in [6.45, 7) is -0.503. The molecule has 0 fully saturated rings. The highest BCUT2D eigenvalue weighted by atomic mass is 32.2. The van der Waals surface area contributed by atoms with Crippen LogP contribution >= 0.6 is 0 Å². The van der Waals surface area contributed by atoms with E-state index in [1.54, 1.807) is 6.07 Å². The van der Waals surface area contributed by atoms with Crippen LogP contribution in [0.15, 0.2) is 35.5 Å². The number of halogens is 3. The third-order valence-corrected chi connectivity index (χ3v) is 5.43. The number of hydrogen-bond donors (Lipinski definition) is 1. The van der Waals surface area contributed by atoms with Crippen molar-refractivity contribution >= 4 is 16.0 Å². The van der Waals surface area contributed by atoms with E-state index < -0.39 is 39.2 Å². The van der Waals surface area contributed by atoms with E-state index in [4.69, 9.17) is 5.11 Å². The highest BCUT2D eigenvalue weighted by molar-refractivity contribution is 7.89. The molecule has 0 unspecified atom stereocenters. The number of nitriles is 1. The van der Waals surface area contributed by atoms with Crippen LogP contribution in [0.4, 0.5) is 13.2 Å². The number of carboxylic acids is 1. The first kappa shape index (κ1) is 20.5. The van der Waals surface area contributed by atoms with Crippen LogP contribution in [0.25, 0.3) is 11.1 Å². The number of alkyl halides is 3. The first-order chi connectivity index (χ1) is 12.4. The number of sulfonamides is 1. The van der Waals surface area contributed by atoms with Crippen LogP contribution in [0.3, 0.4) is 0 Å². The third-order valence-electron chi connectivity index (χ3n) is 3.64. The molecule has 7 nitrogen and oxygen atoms in total. The molecule has 1 heterocycles. The summed E-state index contributed by atoms with van der Waals surface area (Å²) in [5, 5.41) is 18.0. The number of carbonyl (C=O) groups is 1. The van der Waals surface area contributed by atoms with Gasteiger partial charge in [-0.25, -0.2) is 12.7 Å². The molecular formula is C16H14F3N3O4S. The molecule has 0 aliphatic heterocycles. The minimum Gasteiger partial charge on any atom is -0.480 e. The molecule has 2 rings (SSSR count). The molecule has 1 aromatic carbocycles. The van der Waals surface area contributed by atoms with Gasteiger partial charge in [-0.2, -0.15) is 18.4 Å². The Bertz CT molecular complexity index is 1030. The van der Waals surface area contributed by atoms with Gasteiger partial charge in [0, 0.05) is 32.1 Å². The molecular weight excluding hydrogens is 387 g/mol. The van der Waals surface area contributed by atoms with Gasteiger partial charge in [0.1, 0.15) is 12.6 Å². The zero-order valence-corrected chi connectivity index (χ0v) is 15.0. The van der Waals surface area contributed by atoms with Crippen molar-refractivity contribution < 1.29 is 31.5 Å². The normalized spacial score (nSPS) is 12.2. The molecule has 1 aromatic heterocycles. The maximum atomic E-state index is 13.3. The molecule has 0 spiro atoms. The summed E-state index contributed by atoms with van der Waals surface area (Å²) in [4.78, 5) is 10.2. The second-order valence-electron chi connectivity index (χ2n) is 5.79. The standard InChI is InChI=1S/C16H14F3N3O4S/c1-21(2)27(25,26)13-4-10(3-12(5-13)16(17,18)19)14-8-22(9-15(23)24)7-11(14)6-20/h3-5,7-8H,9H2,1-2H3,(H,23,24). The smallest absolute Gasteiger partial charge is 0.416 e. The SMILES string of the molecule is CN(C)S(=O)(=O)c1cc(-c2cn(CC(=O)O)cc2C#N)cc(C(F)(F)F)c1. The highest BCUT2D eigenvalue weighted by Crippen LogP contribution is 2.36. The summed E-state index contributed by atoms with van der Waals surface area (Å²) >= 11 is 0. The Morgan fingerprint density at radius 2 is 1.89 bits per heavy atom. The lowest BCUT2D eigenvalue weighted by Gasteiger charge is -2.15. The van der Waals surface area contributed by atoms with E-state index >= 15 is 0 Å². The van der Waals surface area contributed by atoms with Crippen LogP contribution in [0, 0.1) is 11.3 Å². The number of benzene rings is 1. The fourth-order valence-corrected chi connectivity index (χ4v) is 3.33. The van der Waals surface area contributed by atoms with Crippen LogP contribution < -0.4 is 0 Å². The molecule has 0 bridgehead atoms. The van der Waals surface area contributed by atoms with E-state index in [0.717, 1.165) is 21.0 Å². The van der Waals surface area contributed by atoms with Crippen LogP contribution in [0.1, 0.15) is 11.1 Å². The Labute approximate surface area is 152 Å². The quantitative estimate of drug-likeness (QED) is 0.829. The summed E-state index contributed by atoms with van der Waals surface area (Å²) in [6.07, 6.45) is -2.46. The van der Waals surface area contributed by atoms with Crippen molar-refractivity contribution in [3.05, 3.63) is 41.7 Å². The zero-order valence-electron chi connectivity index (χ0n) is 14.1. The van der Waals surface area contributed by atoms with E-state index in [1.807, 2.05) is 0 Å². The minimum atomic E-state index is -4.82. The van der Waals surface area contributed by atoms with Crippen molar-refractivity contribution in [2.75, 3.05) is 14.1 Å². The highest BCUT2D eigenvalue weighted by Gasteiger charge is 2.33. The first-order valence-corrected chi connectivity index (χ1v) is 8.77. The van der Waals surface area contributed by atoms with Crippen LogP contribution in [-0.2, 0) is 27.5 Å². The largest absolute Gasteiger partial charge is 0.480 e. The number of carboxylic acid groups (broad SMARTS) is 1. The molecule has 0 saturated heterocycles. The van der Waals surface area contributed by atoms with E-state index in [1.165, 1.54) is 26.5 Å². The fourth-order valence-electron chi connectivity index (χ4n) is 2.35. The van der Waals surface area contributed by atoms with E-state index in [9.17, 15) is 31.6 Å². The molecule has 0 aliphatic carbocycles. The number of rotatable bonds is 5. The van der Waals surface area contributed by atoms with Crippen molar-refractivity contribution in [2.24, 2.45) is 0 Å². The Hall–Kier alpha value is -2.84. The fraction of sp³-hybridized carbons (Fsp3) is 0.250. The second kappa shape index (κ2) is 7.05. The predicted molar refractivity (Wildman–Crippen MR) is 88.1 cm³/mol. The molecule has 0 amide bonds.